The molecule has 0 aromatic carbocycles. The largest absolute Gasteiger partial charge is 0.411 e. The molecule has 1 saturated heterocycles. The maximum Gasteiger partial charge on any atom is 0.411 e. The van der Waals surface area contributed by atoms with Crippen molar-refractivity contribution in [1.82, 2.24) is 10.2 Å². The predicted molar refractivity (Wildman–Crippen MR) is 51.2 cm³/mol. The second-order valence-electron chi connectivity index (χ2n) is 3.72. The van der Waals surface area contributed by atoms with Gasteiger partial charge in [-0.25, -0.2) is 0 Å². The molecular weight excluding hydrogens is 257 g/mol. The van der Waals surface area contributed by atoms with Gasteiger partial charge in [-0.2, -0.15) is 13.2 Å². The van der Waals surface area contributed by atoms with Crippen LogP contribution in [0.5, 0.6) is 0 Å². The Labute approximate surface area is 100 Å². The van der Waals surface area contributed by atoms with E-state index in [1.54, 1.807) is 0 Å². The molecule has 1 rings (SSSR count). The summed E-state index contributed by atoms with van der Waals surface area (Å²) in [6.45, 7) is -1.39. The van der Waals surface area contributed by atoms with Gasteiger partial charge in [-0.05, 0) is 6.92 Å². The number of imide groups is 1. The first-order valence-electron chi connectivity index (χ1n) is 4.98. The zero-order valence-corrected chi connectivity index (χ0v) is 9.41. The summed E-state index contributed by atoms with van der Waals surface area (Å²) in [7, 11) is 0. The molecule has 1 heterocycles. The number of hydrogen-bond acceptors (Lipinski definition) is 4. The van der Waals surface area contributed by atoms with Gasteiger partial charge in [0.15, 0.2) is 0 Å². The second-order valence-corrected chi connectivity index (χ2v) is 3.72. The fraction of sp³-hybridized carbons (Fsp3) is 0.667. The lowest BCUT2D eigenvalue weighted by atomic mass is 10.2. The molecule has 102 valence electrons. The third-order valence-corrected chi connectivity index (χ3v) is 2.24. The Bertz CT molecular complexity index is 369. The van der Waals surface area contributed by atoms with Gasteiger partial charge in [-0.3, -0.25) is 19.7 Å². The highest BCUT2D eigenvalue weighted by molar-refractivity contribution is 6.04. The van der Waals surface area contributed by atoms with Gasteiger partial charge < -0.3 is 9.64 Å². The summed E-state index contributed by atoms with van der Waals surface area (Å²) >= 11 is 0. The number of amides is 3. The Morgan fingerprint density at radius 1 is 1.50 bits per heavy atom. The van der Waals surface area contributed by atoms with E-state index in [1.807, 2.05) is 5.32 Å². The minimum atomic E-state index is -4.53. The van der Waals surface area contributed by atoms with Crippen LogP contribution < -0.4 is 5.32 Å². The average molecular weight is 268 g/mol. The van der Waals surface area contributed by atoms with Crippen LogP contribution in [0.15, 0.2) is 0 Å². The van der Waals surface area contributed by atoms with Crippen molar-refractivity contribution in [3.63, 3.8) is 0 Å². The van der Waals surface area contributed by atoms with Crippen LogP contribution in [-0.4, -0.2) is 54.6 Å². The van der Waals surface area contributed by atoms with Crippen molar-refractivity contribution < 1.29 is 32.3 Å². The van der Waals surface area contributed by atoms with Crippen LogP contribution in [0.2, 0.25) is 0 Å². The van der Waals surface area contributed by atoms with E-state index in [9.17, 15) is 27.6 Å². The summed E-state index contributed by atoms with van der Waals surface area (Å²) in [5.74, 6) is -2.19. The van der Waals surface area contributed by atoms with Gasteiger partial charge >= 0.3 is 6.18 Å². The third kappa shape index (κ3) is 3.99. The number of hydrogen-bond donors (Lipinski definition) is 1. The van der Waals surface area contributed by atoms with Crippen molar-refractivity contribution in [3.05, 3.63) is 0 Å². The van der Waals surface area contributed by atoms with Crippen molar-refractivity contribution in [2.75, 3.05) is 19.8 Å². The van der Waals surface area contributed by atoms with Crippen LogP contribution in [0.4, 0.5) is 13.2 Å². The van der Waals surface area contributed by atoms with Crippen LogP contribution in [0.3, 0.4) is 0 Å². The topological polar surface area (TPSA) is 75.7 Å². The minimum absolute atomic E-state index is 0.374. The molecule has 1 aliphatic heterocycles. The zero-order chi connectivity index (χ0) is 13.9. The van der Waals surface area contributed by atoms with Crippen LogP contribution in [0.1, 0.15) is 6.92 Å². The molecule has 3 amide bonds. The van der Waals surface area contributed by atoms with Crippen LogP contribution in [-0.2, 0) is 19.1 Å². The molecule has 1 unspecified atom stereocenters. The summed E-state index contributed by atoms with van der Waals surface area (Å²) in [5, 5.41) is 2.00. The molecular formula is C9H11F3N2O4. The molecule has 6 nitrogen and oxygen atoms in total. The van der Waals surface area contributed by atoms with Crippen LogP contribution in [0, 0.1) is 0 Å². The molecule has 1 atom stereocenters. The zero-order valence-electron chi connectivity index (χ0n) is 9.41. The van der Waals surface area contributed by atoms with E-state index in [0.29, 0.717) is 0 Å². The number of halogens is 3. The van der Waals surface area contributed by atoms with Crippen molar-refractivity contribution in [3.8, 4) is 0 Å². The molecule has 0 aromatic rings. The van der Waals surface area contributed by atoms with Gasteiger partial charge in [0.05, 0.1) is 0 Å². The summed E-state index contributed by atoms with van der Waals surface area (Å²) < 4.78 is 39.5. The van der Waals surface area contributed by atoms with Crippen molar-refractivity contribution >= 4 is 17.7 Å². The Hall–Kier alpha value is -1.64. The number of nitrogens with one attached hydrogen (secondary N) is 1. The van der Waals surface area contributed by atoms with E-state index in [0.717, 1.165) is 4.90 Å². The molecule has 0 aliphatic carbocycles. The number of carbonyl (C=O) groups excluding carboxylic acids is 3. The maximum atomic E-state index is 11.8. The highest BCUT2D eigenvalue weighted by Crippen LogP contribution is 2.14. The molecule has 0 aromatic heterocycles. The van der Waals surface area contributed by atoms with Gasteiger partial charge in [-0.1, -0.05) is 0 Å². The number of carbonyl (C=O) groups is 3. The normalized spacial score (nSPS) is 20.9. The molecule has 9 heteroatoms. The molecule has 0 saturated carbocycles. The monoisotopic (exact) mass is 268 g/mol. The second kappa shape index (κ2) is 5.34. The Morgan fingerprint density at radius 2 is 2.11 bits per heavy atom. The van der Waals surface area contributed by atoms with Gasteiger partial charge in [0.1, 0.15) is 25.8 Å². The molecule has 0 radical (unpaired) electrons. The lowest BCUT2D eigenvalue weighted by Gasteiger charge is -2.31. The fourth-order valence-electron chi connectivity index (χ4n) is 1.36. The summed E-state index contributed by atoms with van der Waals surface area (Å²) in [6.07, 6.45) is -4.53. The molecule has 1 aliphatic rings. The Kier molecular flexibility index (Phi) is 4.28. The standard InChI is InChI=1S/C9H11F3N2O4/c1-5-8(17)13-6(15)2-14(5)7(16)3-18-4-9(10,11)12/h5H,2-4H2,1H3,(H,13,15,17). The first-order valence-corrected chi connectivity index (χ1v) is 4.98. The summed E-state index contributed by atoms with van der Waals surface area (Å²) in [6, 6.07) is -0.912. The van der Waals surface area contributed by atoms with E-state index >= 15 is 0 Å². The van der Waals surface area contributed by atoms with E-state index in [1.165, 1.54) is 6.92 Å². The van der Waals surface area contributed by atoms with E-state index in [-0.39, 0.29) is 6.54 Å². The number of nitrogens with zero attached hydrogens (tertiary/aromatic N) is 1. The van der Waals surface area contributed by atoms with Gasteiger partial charge in [0.25, 0.3) is 0 Å². The van der Waals surface area contributed by atoms with Gasteiger partial charge in [0, 0.05) is 0 Å². The van der Waals surface area contributed by atoms with Crippen LogP contribution in [0.25, 0.3) is 0 Å². The lowest BCUT2D eigenvalue weighted by Crippen LogP contribution is -2.59. The Morgan fingerprint density at radius 3 is 2.67 bits per heavy atom. The first kappa shape index (κ1) is 14.4. The van der Waals surface area contributed by atoms with Crippen molar-refractivity contribution in [2.45, 2.75) is 19.1 Å². The SMILES string of the molecule is CC1C(=O)NC(=O)CN1C(=O)COCC(F)(F)F. The molecule has 0 spiro atoms. The van der Waals surface area contributed by atoms with E-state index < -0.39 is 43.2 Å². The minimum Gasteiger partial charge on any atom is -0.362 e. The summed E-state index contributed by atoms with van der Waals surface area (Å²) in [4.78, 5) is 34.6. The quantitative estimate of drug-likeness (QED) is 0.696. The number of rotatable bonds is 3. The molecule has 0 bridgehead atoms. The smallest absolute Gasteiger partial charge is 0.362 e. The molecule has 1 N–H and O–H groups in total. The van der Waals surface area contributed by atoms with Gasteiger partial charge in [-0.15, -0.1) is 0 Å². The Balaban J connectivity index is 2.50. The first-order chi connectivity index (χ1) is 8.20. The van der Waals surface area contributed by atoms with Crippen LogP contribution >= 0.6 is 0 Å². The van der Waals surface area contributed by atoms with E-state index in [4.69, 9.17) is 0 Å². The highest BCUT2D eigenvalue weighted by Gasteiger charge is 2.34. The number of piperazine rings is 1. The number of ether oxygens (including phenoxy) is 1. The fourth-order valence-corrected chi connectivity index (χ4v) is 1.36. The summed E-state index contributed by atoms with van der Waals surface area (Å²) in [5.41, 5.74) is 0. The molecule has 1 fully saturated rings. The molecule has 18 heavy (non-hydrogen) atoms. The predicted octanol–water partition coefficient (Wildman–Crippen LogP) is -0.561. The number of alkyl halides is 3. The van der Waals surface area contributed by atoms with Gasteiger partial charge in [0.2, 0.25) is 17.7 Å². The third-order valence-electron chi connectivity index (χ3n) is 2.24. The van der Waals surface area contributed by atoms with Crippen molar-refractivity contribution in [1.29, 1.82) is 0 Å². The maximum absolute atomic E-state index is 11.8. The average Bonchev–Trinajstić information content (AvgIpc) is 2.21. The van der Waals surface area contributed by atoms with E-state index in [2.05, 4.69) is 4.74 Å². The van der Waals surface area contributed by atoms with Crippen molar-refractivity contribution in [2.24, 2.45) is 0 Å². The highest BCUT2D eigenvalue weighted by atomic mass is 19.4. The lowest BCUT2D eigenvalue weighted by molar-refractivity contribution is -0.179.